The Morgan fingerprint density at radius 1 is 1.25 bits per heavy atom. The number of carbonyl (C=O) groups excluding carboxylic acids is 2. The van der Waals surface area contributed by atoms with Crippen molar-refractivity contribution in [2.45, 2.75) is 117 Å². The molecule has 0 radical (unpaired) electrons. The maximum absolute atomic E-state index is 13.2. The number of aliphatic hydroxyl groups is 2. The van der Waals surface area contributed by atoms with Gasteiger partial charge in [0.25, 0.3) is 0 Å². The third-order valence-corrected chi connectivity index (χ3v) is 9.17. The van der Waals surface area contributed by atoms with Gasteiger partial charge in [0, 0.05) is 17.7 Å². The van der Waals surface area contributed by atoms with E-state index in [0.29, 0.717) is 6.42 Å². The Morgan fingerprint density at radius 2 is 1.94 bits per heavy atom. The zero-order valence-corrected chi connectivity index (χ0v) is 23.6. The van der Waals surface area contributed by atoms with Crippen LogP contribution >= 0.6 is 11.3 Å². The summed E-state index contributed by atoms with van der Waals surface area (Å²) in [5.74, 6) is -1.54. The molecule has 1 aromatic heterocycles. The number of aromatic nitrogens is 1. The normalized spacial score (nSPS) is 36.8. The fourth-order valence-electron chi connectivity index (χ4n) is 5.17. The highest BCUT2D eigenvalue weighted by Gasteiger charge is 2.53. The molecule has 2 fully saturated rings. The Hall–Kier alpha value is -1.61. The van der Waals surface area contributed by atoms with E-state index in [9.17, 15) is 19.8 Å². The van der Waals surface area contributed by atoms with Gasteiger partial charge in [0.15, 0.2) is 0 Å². The molecule has 7 atom stereocenters. The van der Waals surface area contributed by atoms with Gasteiger partial charge in [0.2, 0.25) is 0 Å². The Labute approximate surface area is 219 Å². The van der Waals surface area contributed by atoms with Crippen LogP contribution in [0.5, 0.6) is 0 Å². The average molecular weight is 522 g/mol. The summed E-state index contributed by atoms with van der Waals surface area (Å²) in [6.07, 6.45) is 2.87. The molecule has 0 saturated carbocycles. The second kappa shape index (κ2) is 11.4. The van der Waals surface area contributed by atoms with Crippen LogP contribution < -0.4 is 0 Å². The van der Waals surface area contributed by atoms with Gasteiger partial charge in [-0.1, -0.05) is 41.0 Å². The van der Waals surface area contributed by atoms with E-state index in [2.05, 4.69) is 18.8 Å². The second-order valence-corrected chi connectivity index (χ2v) is 12.4. The first-order valence-corrected chi connectivity index (χ1v) is 14.1. The van der Waals surface area contributed by atoms with Crippen LogP contribution in [-0.4, -0.2) is 57.0 Å². The third kappa shape index (κ3) is 6.63. The van der Waals surface area contributed by atoms with Crippen molar-refractivity contribution in [3.05, 3.63) is 21.7 Å². The standard InChI is InChI=1S/C28H43NO6S/c1-8-23-29-19(15-36-23)12-17(3)20-13-22-28(7,35-22)11-9-10-16(2)25(32)18(4)26(33)27(5,6)21(30)14-24(31)34-20/h12,15-16,18,20-22,25,30,32H,8-11,13-14H2,1-7H3/b17-12+/t16-,18+,20-,21-,22-,25-,28+/m0/s1. The van der Waals surface area contributed by atoms with Crippen molar-refractivity contribution in [1.29, 1.82) is 0 Å². The summed E-state index contributed by atoms with van der Waals surface area (Å²) in [7, 11) is 0. The predicted octanol–water partition coefficient (Wildman–Crippen LogP) is 4.73. The molecule has 2 aliphatic rings. The topological polar surface area (TPSA) is 109 Å². The van der Waals surface area contributed by atoms with E-state index >= 15 is 0 Å². The number of cyclic esters (lactones) is 1. The van der Waals surface area contributed by atoms with Crippen LogP contribution in [0.25, 0.3) is 6.08 Å². The molecule has 0 bridgehead atoms. The number of aliphatic hydroxyl groups excluding tert-OH is 2. The van der Waals surface area contributed by atoms with Crippen molar-refractivity contribution in [3.8, 4) is 0 Å². The molecular weight excluding hydrogens is 478 g/mol. The van der Waals surface area contributed by atoms with Crippen molar-refractivity contribution in [1.82, 2.24) is 4.98 Å². The van der Waals surface area contributed by atoms with Crippen LogP contribution in [0.2, 0.25) is 0 Å². The van der Waals surface area contributed by atoms with Crippen molar-refractivity contribution in [2.75, 3.05) is 0 Å². The lowest BCUT2D eigenvalue weighted by Gasteiger charge is -2.34. The molecule has 2 aliphatic heterocycles. The van der Waals surface area contributed by atoms with E-state index in [1.165, 1.54) is 0 Å². The monoisotopic (exact) mass is 521 g/mol. The lowest BCUT2D eigenvalue weighted by atomic mass is 9.73. The van der Waals surface area contributed by atoms with Gasteiger partial charge in [0.05, 0.1) is 46.5 Å². The molecule has 0 unspecified atom stereocenters. The number of rotatable bonds is 3. The first-order chi connectivity index (χ1) is 16.8. The molecule has 0 aromatic carbocycles. The van der Waals surface area contributed by atoms with E-state index in [1.54, 1.807) is 32.1 Å². The number of thiazole rings is 1. The number of hydrogen-bond donors (Lipinski definition) is 2. The summed E-state index contributed by atoms with van der Waals surface area (Å²) in [5, 5.41) is 24.8. The lowest BCUT2D eigenvalue weighted by Crippen LogP contribution is -2.45. The number of ketones is 1. The van der Waals surface area contributed by atoms with Gasteiger partial charge in [-0.25, -0.2) is 4.98 Å². The van der Waals surface area contributed by atoms with Crippen molar-refractivity contribution < 1.29 is 29.3 Å². The molecule has 0 spiro atoms. The summed E-state index contributed by atoms with van der Waals surface area (Å²) in [4.78, 5) is 30.8. The highest BCUT2D eigenvalue weighted by atomic mass is 32.1. The van der Waals surface area contributed by atoms with Gasteiger partial charge < -0.3 is 19.7 Å². The number of ether oxygens (including phenoxy) is 2. The summed E-state index contributed by atoms with van der Waals surface area (Å²) in [6.45, 7) is 13.0. The predicted molar refractivity (Wildman–Crippen MR) is 141 cm³/mol. The third-order valence-electron chi connectivity index (χ3n) is 8.16. The molecule has 202 valence electrons. The fraction of sp³-hybridized carbons (Fsp3) is 0.750. The molecule has 8 heteroatoms. The van der Waals surface area contributed by atoms with Crippen molar-refractivity contribution in [3.63, 3.8) is 0 Å². The summed E-state index contributed by atoms with van der Waals surface area (Å²) >= 11 is 1.60. The average Bonchev–Trinajstić information content (AvgIpc) is 3.23. The van der Waals surface area contributed by atoms with Gasteiger partial charge in [0.1, 0.15) is 11.9 Å². The minimum absolute atomic E-state index is 0.0460. The SMILES string of the molecule is CCc1nc(/C=C(\C)[C@@H]2C[C@@H]3O[C@]3(C)CCC[C@H](C)[C@H](O)[C@@H](C)C(=O)C(C)(C)[C@@H](O)CC(=O)O2)cs1. The lowest BCUT2D eigenvalue weighted by molar-refractivity contribution is -0.154. The van der Waals surface area contributed by atoms with Crippen LogP contribution in [-0.2, 0) is 25.5 Å². The molecule has 2 saturated heterocycles. The number of carbonyl (C=O) groups is 2. The van der Waals surface area contributed by atoms with E-state index in [1.807, 2.05) is 25.3 Å². The van der Waals surface area contributed by atoms with Crippen LogP contribution in [0.1, 0.15) is 91.3 Å². The van der Waals surface area contributed by atoms with E-state index in [-0.39, 0.29) is 29.8 Å². The number of hydrogen-bond acceptors (Lipinski definition) is 8. The zero-order chi connectivity index (χ0) is 26.8. The molecule has 3 rings (SSSR count). The van der Waals surface area contributed by atoms with Crippen molar-refractivity contribution in [2.24, 2.45) is 17.3 Å². The number of nitrogens with zero attached hydrogens (tertiary/aromatic N) is 1. The first-order valence-electron chi connectivity index (χ1n) is 13.2. The Kier molecular flexibility index (Phi) is 9.18. The van der Waals surface area contributed by atoms with Gasteiger partial charge in [-0.3, -0.25) is 9.59 Å². The highest BCUT2D eigenvalue weighted by Crippen LogP contribution is 2.45. The van der Waals surface area contributed by atoms with Crippen LogP contribution in [0.3, 0.4) is 0 Å². The van der Waals surface area contributed by atoms with Crippen LogP contribution in [0, 0.1) is 17.3 Å². The molecule has 36 heavy (non-hydrogen) atoms. The molecule has 0 aliphatic carbocycles. The second-order valence-electron chi connectivity index (χ2n) is 11.5. The van der Waals surface area contributed by atoms with Gasteiger partial charge in [-0.2, -0.15) is 0 Å². The number of aryl methyl sites for hydroxylation is 1. The van der Waals surface area contributed by atoms with E-state index in [0.717, 1.165) is 42.0 Å². The zero-order valence-electron chi connectivity index (χ0n) is 22.7. The maximum atomic E-state index is 13.2. The van der Waals surface area contributed by atoms with Crippen LogP contribution in [0.4, 0.5) is 0 Å². The molecule has 2 N–H and O–H groups in total. The summed E-state index contributed by atoms with van der Waals surface area (Å²) in [5.41, 5.74) is 0.202. The minimum Gasteiger partial charge on any atom is -0.458 e. The molecular formula is C28H43NO6S. The van der Waals surface area contributed by atoms with Gasteiger partial charge in [-0.05, 0) is 50.7 Å². The molecule has 0 amide bonds. The fourth-order valence-corrected chi connectivity index (χ4v) is 5.88. The van der Waals surface area contributed by atoms with E-state index < -0.39 is 35.6 Å². The summed E-state index contributed by atoms with van der Waals surface area (Å²) < 4.78 is 12.0. The van der Waals surface area contributed by atoms with Crippen LogP contribution in [0.15, 0.2) is 11.0 Å². The quantitative estimate of drug-likeness (QED) is 0.437. The molecule has 7 nitrogen and oxygen atoms in total. The first kappa shape index (κ1) is 29.0. The van der Waals surface area contributed by atoms with Crippen molar-refractivity contribution >= 4 is 29.2 Å². The smallest absolute Gasteiger partial charge is 0.309 e. The number of epoxide rings is 1. The number of esters is 1. The molecule has 3 heterocycles. The Morgan fingerprint density at radius 3 is 2.58 bits per heavy atom. The number of fused-ring (bicyclic) bond motifs is 1. The largest absolute Gasteiger partial charge is 0.458 e. The Balaban J connectivity index is 1.85. The number of Topliss-reactive ketones (excluding diaryl/α,β-unsaturated/α-hetero) is 1. The maximum Gasteiger partial charge on any atom is 0.309 e. The minimum atomic E-state index is -1.23. The van der Waals surface area contributed by atoms with E-state index in [4.69, 9.17) is 9.47 Å². The molecule has 1 aromatic rings. The van der Waals surface area contributed by atoms with Gasteiger partial charge in [-0.15, -0.1) is 11.3 Å². The highest BCUT2D eigenvalue weighted by molar-refractivity contribution is 7.09. The van der Waals surface area contributed by atoms with Gasteiger partial charge >= 0.3 is 5.97 Å². The Bertz CT molecular complexity index is 971. The summed E-state index contributed by atoms with van der Waals surface area (Å²) in [6, 6.07) is 0.